The van der Waals surface area contributed by atoms with Crippen molar-refractivity contribution in [3.05, 3.63) is 12.1 Å². The summed E-state index contributed by atoms with van der Waals surface area (Å²) in [6, 6.07) is 3.42. The SMILES string of the molecule is Nc1cc2c(cc1OCCN1CCCC1)NC(=O)CO2. The lowest BCUT2D eigenvalue weighted by molar-refractivity contribution is -0.118. The normalized spacial score (nSPS) is 18.3. The molecule has 2 aliphatic rings. The van der Waals surface area contributed by atoms with Crippen molar-refractivity contribution in [3.63, 3.8) is 0 Å². The van der Waals surface area contributed by atoms with Crippen LogP contribution < -0.4 is 20.5 Å². The van der Waals surface area contributed by atoms with Gasteiger partial charge in [0.1, 0.15) is 18.1 Å². The molecule has 108 valence electrons. The first-order valence-corrected chi connectivity index (χ1v) is 6.94. The molecule has 1 aromatic carbocycles. The van der Waals surface area contributed by atoms with Crippen LogP contribution in [0.5, 0.6) is 11.5 Å². The van der Waals surface area contributed by atoms with E-state index in [-0.39, 0.29) is 12.5 Å². The maximum atomic E-state index is 11.3. The Morgan fingerprint density at radius 2 is 2.15 bits per heavy atom. The van der Waals surface area contributed by atoms with Gasteiger partial charge in [-0.15, -0.1) is 0 Å². The summed E-state index contributed by atoms with van der Waals surface area (Å²) in [6.45, 7) is 3.82. The molecule has 2 heterocycles. The number of fused-ring (bicyclic) bond motifs is 1. The summed E-state index contributed by atoms with van der Waals surface area (Å²) in [6.07, 6.45) is 2.54. The maximum Gasteiger partial charge on any atom is 0.262 e. The zero-order valence-electron chi connectivity index (χ0n) is 11.4. The zero-order chi connectivity index (χ0) is 13.9. The van der Waals surface area contributed by atoms with Crippen LogP contribution in [0.4, 0.5) is 11.4 Å². The maximum absolute atomic E-state index is 11.3. The number of anilines is 2. The molecule has 3 rings (SSSR count). The van der Waals surface area contributed by atoms with Gasteiger partial charge in [0.05, 0.1) is 11.4 Å². The van der Waals surface area contributed by atoms with Crippen LogP contribution >= 0.6 is 0 Å². The number of rotatable bonds is 4. The zero-order valence-corrected chi connectivity index (χ0v) is 11.4. The number of hydrogen-bond donors (Lipinski definition) is 2. The lowest BCUT2D eigenvalue weighted by Gasteiger charge is -2.20. The Bertz CT molecular complexity index is 513. The minimum absolute atomic E-state index is 0.0294. The lowest BCUT2D eigenvalue weighted by Crippen LogP contribution is -2.26. The van der Waals surface area contributed by atoms with Crippen molar-refractivity contribution in [3.8, 4) is 11.5 Å². The molecule has 6 heteroatoms. The first-order valence-electron chi connectivity index (χ1n) is 6.94. The number of carbonyl (C=O) groups excluding carboxylic acids is 1. The van der Waals surface area contributed by atoms with E-state index in [9.17, 15) is 4.79 Å². The van der Waals surface area contributed by atoms with Crippen LogP contribution in [0.15, 0.2) is 12.1 Å². The van der Waals surface area contributed by atoms with Gasteiger partial charge >= 0.3 is 0 Å². The monoisotopic (exact) mass is 277 g/mol. The van der Waals surface area contributed by atoms with Crippen LogP contribution in [0.25, 0.3) is 0 Å². The highest BCUT2D eigenvalue weighted by Crippen LogP contribution is 2.36. The molecule has 0 bridgehead atoms. The summed E-state index contributed by atoms with van der Waals surface area (Å²) in [4.78, 5) is 13.7. The third-order valence-electron chi connectivity index (χ3n) is 3.61. The van der Waals surface area contributed by atoms with E-state index < -0.39 is 0 Å². The van der Waals surface area contributed by atoms with Crippen molar-refractivity contribution in [1.29, 1.82) is 0 Å². The average Bonchev–Trinajstić information content (AvgIpc) is 2.93. The summed E-state index contributed by atoms with van der Waals surface area (Å²) < 4.78 is 11.0. The summed E-state index contributed by atoms with van der Waals surface area (Å²) in [7, 11) is 0. The molecule has 3 N–H and O–H groups in total. The van der Waals surface area contributed by atoms with Crippen molar-refractivity contribution < 1.29 is 14.3 Å². The second-order valence-corrected chi connectivity index (χ2v) is 5.12. The molecule has 0 spiro atoms. The van der Waals surface area contributed by atoms with E-state index in [1.54, 1.807) is 12.1 Å². The summed E-state index contributed by atoms with van der Waals surface area (Å²) in [5, 5.41) is 2.75. The largest absolute Gasteiger partial charge is 0.490 e. The predicted molar refractivity (Wildman–Crippen MR) is 76.1 cm³/mol. The molecule has 20 heavy (non-hydrogen) atoms. The minimum atomic E-state index is -0.162. The third kappa shape index (κ3) is 2.80. The summed E-state index contributed by atoms with van der Waals surface area (Å²) in [5.74, 6) is 1.02. The van der Waals surface area contributed by atoms with Gasteiger partial charge in [-0.1, -0.05) is 0 Å². The quantitative estimate of drug-likeness (QED) is 0.805. The number of nitrogens with zero attached hydrogens (tertiary/aromatic N) is 1. The van der Waals surface area contributed by atoms with Crippen molar-refractivity contribution in [2.24, 2.45) is 0 Å². The number of benzene rings is 1. The van der Waals surface area contributed by atoms with E-state index in [0.29, 0.717) is 29.5 Å². The Morgan fingerprint density at radius 3 is 2.95 bits per heavy atom. The van der Waals surface area contributed by atoms with Gasteiger partial charge in [0.2, 0.25) is 0 Å². The molecule has 1 saturated heterocycles. The summed E-state index contributed by atoms with van der Waals surface area (Å²) in [5.41, 5.74) is 7.09. The third-order valence-corrected chi connectivity index (χ3v) is 3.61. The number of amides is 1. The first-order chi connectivity index (χ1) is 9.72. The first kappa shape index (κ1) is 13.1. The Morgan fingerprint density at radius 1 is 1.35 bits per heavy atom. The van der Waals surface area contributed by atoms with Gasteiger partial charge < -0.3 is 20.5 Å². The second kappa shape index (κ2) is 5.58. The standard InChI is InChI=1S/C14H19N3O3/c15-10-7-13-11(16-14(18)9-20-13)8-12(10)19-6-5-17-3-1-2-4-17/h7-8H,1-6,9,15H2,(H,16,18). The van der Waals surface area contributed by atoms with Crippen LogP contribution in [-0.4, -0.2) is 43.7 Å². The molecule has 0 unspecified atom stereocenters. The predicted octanol–water partition coefficient (Wildman–Crippen LogP) is 1.07. The Labute approximate surface area is 117 Å². The molecular formula is C14H19N3O3. The lowest BCUT2D eigenvalue weighted by atomic mass is 10.2. The Hall–Kier alpha value is -1.95. The molecule has 1 amide bonds. The van der Waals surface area contributed by atoms with Gasteiger partial charge in [0.25, 0.3) is 5.91 Å². The van der Waals surface area contributed by atoms with Gasteiger partial charge in [-0.05, 0) is 25.9 Å². The Kier molecular flexibility index (Phi) is 3.64. The van der Waals surface area contributed by atoms with E-state index in [2.05, 4.69) is 10.2 Å². The average molecular weight is 277 g/mol. The van der Waals surface area contributed by atoms with Crippen LogP contribution in [-0.2, 0) is 4.79 Å². The van der Waals surface area contributed by atoms with Crippen LogP contribution in [0.1, 0.15) is 12.8 Å². The van der Waals surface area contributed by atoms with Gasteiger partial charge in [-0.25, -0.2) is 0 Å². The van der Waals surface area contributed by atoms with Gasteiger partial charge in [0, 0.05) is 18.7 Å². The van der Waals surface area contributed by atoms with Gasteiger partial charge in [0.15, 0.2) is 6.61 Å². The minimum Gasteiger partial charge on any atom is -0.490 e. The highest BCUT2D eigenvalue weighted by Gasteiger charge is 2.18. The van der Waals surface area contributed by atoms with Crippen molar-refractivity contribution in [2.45, 2.75) is 12.8 Å². The smallest absolute Gasteiger partial charge is 0.262 e. The van der Waals surface area contributed by atoms with E-state index >= 15 is 0 Å². The number of nitrogens with one attached hydrogen (secondary N) is 1. The van der Waals surface area contributed by atoms with Crippen LogP contribution in [0.3, 0.4) is 0 Å². The number of carbonyl (C=O) groups is 1. The summed E-state index contributed by atoms with van der Waals surface area (Å²) >= 11 is 0. The molecule has 0 aromatic heterocycles. The number of hydrogen-bond acceptors (Lipinski definition) is 5. The number of ether oxygens (including phenoxy) is 2. The molecule has 1 fully saturated rings. The topological polar surface area (TPSA) is 76.8 Å². The number of likely N-dealkylation sites (tertiary alicyclic amines) is 1. The van der Waals surface area contributed by atoms with E-state index in [1.165, 1.54) is 12.8 Å². The highest BCUT2D eigenvalue weighted by molar-refractivity contribution is 5.96. The number of nitrogens with two attached hydrogens (primary N) is 1. The fourth-order valence-electron chi connectivity index (χ4n) is 2.54. The van der Waals surface area contributed by atoms with E-state index in [1.807, 2.05) is 0 Å². The van der Waals surface area contributed by atoms with Crippen LogP contribution in [0, 0.1) is 0 Å². The molecule has 0 aliphatic carbocycles. The van der Waals surface area contributed by atoms with Gasteiger partial charge in [-0.3, -0.25) is 9.69 Å². The molecule has 2 aliphatic heterocycles. The molecule has 0 saturated carbocycles. The Balaban J connectivity index is 1.63. The van der Waals surface area contributed by atoms with Crippen LogP contribution in [0.2, 0.25) is 0 Å². The molecule has 1 aromatic rings. The van der Waals surface area contributed by atoms with E-state index in [0.717, 1.165) is 19.6 Å². The van der Waals surface area contributed by atoms with Crippen molar-refractivity contribution in [1.82, 2.24) is 4.90 Å². The van der Waals surface area contributed by atoms with Gasteiger partial charge in [-0.2, -0.15) is 0 Å². The molecule has 6 nitrogen and oxygen atoms in total. The van der Waals surface area contributed by atoms with E-state index in [4.69, 9.17) is 15.2 Å². The van der Waals surface area contributed by atoms with Crippen molar-refractivity contribution >= 4 is 17.3 Å². The number of nitrogen functional groups attached to an aromatic ring is 1. The molecule has 0 radical (unpaired) electrons. The molecular weight excluding hydrogens is 258 g/mol. The van der Waals surface area contributed by atoms with Crippen molar-refractivity contribution in [2.75, 3.05) is 43.9 Å². The second-order valence-electron chi connectivity index (χ2n) is 5.12. The molecule has 0 atom stereocenters. The fraction of sp³-hybridized carbons (Fsp3) is 0.500. The fourth-order valence-corrected chi connectivity index (χ4v) is 2.54. The highest BCUT2D eigenvalue weighted by atomic mass is 16.5.